The number of aliphatic hydroxyl groups is 1. The highest BCUT2D eigenvalue weighted by molar-refractivity contribution is 7.99. The molecule has 1 atom stereocenters. The van der Waals surface area contributed by atoms with Crippen molar-refractivity contribution in [2.75, 3.05) is 18.1 Å². The van der Waals surface area contributed by atoms with E-state index in [-0.39, 0.29) is 12.7 Å². The van der Waals surface area contributed by atoms with Crippen LogP contribution in [0.1, 0.15) is 17.2 Å². The molecule has 3 nitrogen and oxygen atoms in total. The maximum absolute atomic E-state index is 11.0. The summed E-state index contributed by atoms with van der Waals surface area (Å²) in [5, 5.41) is 11.0. The molecule has 0 bridgehead atoms. The number of aliphatic hydroxyl groups excluding tert-OH is 1. The first-order chi connectivity index (χ1) is 15.8. The van der Waals surface area contributed by atoms with Crippen LogP contribution in [0.5, 0.6) is 0 Å². The molecule has 4 heteroatoms. The van der Waals surface area contributed by atoms with Gasteiger partial charge < -0.3 is 14.7 Å². The van der Waals surface area contributed by atoms with Gasteiger partial charge in [0.1, 0.15) is 6.10 Å². The van der Waals surface area contributed by atoms with E-state index in [1.807, 2.05) is 48.5 Å². The van der Waals surface area contributed by atoms with E-state index in [9.17, 15) is 5.11 Å². The van der Waals surface area contributed by atoms with E-state index >= 15 is 0 Å². The van der Waals surface area contributed by atoms with Crippen LogP contribution in [-0.4, -0.2) is 24.4 Å². The maximum Gasteiger partial charge on any atom is 0.108 e. The number of β-amino-alcohol motifs (C(OH)–C–C–N with tert-alkyl or cyclic N) is 1. The van der Waals surface area contributed by atoms with Crippen molar-refractivity contribution in [1.29, 1.82) is 0 Å². The molecular formula is C28H25NO2S. The molecule has 0 aromatic heterocycles. The first-order valence-electron chi connectivity index (χ1n) is 10.8. The summed E-state index contributed by atoms with van der Waals surface area (Å²) < 4.78 is 6.31. The van der Waals surface area contributed by atoms with E-state index in [4.69, 9.17) is 4.74 Å². The number of nitrogens with zero attached hydrogens (tertiary/aromatic N) is 1. The Kier molecular flexibility index (Phi) is 6.26. The van der Waals surface area contributed by atoms with Crippen molar-refractivity contribution in [2.24, 2.45) is 0 Å². The van der Waals surface area contributed by atoms with Gasteiger partial charge in [-0.2, -0.15) is 0 Å². The Labute approximate surface area is 193 Å². The molecule has 0 amide bonds. The molecule has 4 aromatic rings. The van der Waals surface area contributed by atoms with Crippen LogP contribution >= 0.6 is 11.8 Å². The fraction of sp³-hybridized carbons (Fsp3) is 0.143. The average Bonchev–Trinajstić information content (AvgIpc) is 2.85. The number of fused-ring (bicyclic) bond motifs is 2. The second kappa shape index (κ2) is 9.61. The van der Waals surface area contributed by atoms with Gasteiger partial charge in [0.05, 0.1) is 30.6 Å². The number of anilines is 2. The third kappa shape index (κ3) is 4.44. The zero-order chi connectivity index (χ0) is 21.8. The van der Waals surface area contributed by atoms with E-state index in [0.29, 0.717) is 6.54 Å². The Balaban J connectivity index is 1.35. The summed E-state index contributed by atoms with van der Waals surface area (Å²) in [4.78, 5) is 4.60. The molecule has 160 valence electrons. The van der Waals surface area contributed by atoms with E-state index in [1.165, 1.54) is 9.79 Å². The molecule has 0 spiro atoms. The molecule has 0 fully saturated rings. The first kappa shape index (κ1) is 20.8. The van der Waals surface area contributed by atoms with Gasteiger partial charge in [-0.15, -0.1) is 0 Å². The van der Waals surface area contributed by atoms with Gasteiger partial charge in [-0.25, -0.2) is 0 Å². The number of para-hydroxylation sites is 2. The summed E-state index contributed by atoms with van der Waals surface area (Å²) in [6, 6.07) is 37.0. The Morgan fingerprint density at radius 2 is 1.12 bits per heavy atom. The number of hydrogen-bond acceptors (Lipinski definition) is 4. The maximum atomic E-state index is 11.0. The minimum absolute atomic E-state index is 0.219. The summed E-state index contributed by atoms with van der Waals surface area (Å²) in [5.74, 6) is 0. The Morgan fingerprint density at radius 3 is 1.66 bits per heavy atom. The molecule has 1 unspecified atom stereocenters. The van der Waals surface area contributed by atoms with Gasteiger partial charge in [0.2, 0.25) is 0 Å². The van der Waals surface area contributed by atoms with Gasteiger partial charge in [-0.05, 0) is 35.4 Å². The second-order valence-corrected chi connectivity index (χ2v) is 8.92. The molecule has 0 aliphatic carbocycles. The summed E-state index contributed by atoms with van der Waals surface area (Å²) in [7, 11) is 0. The van der Waals surface area contributed by atoms with Crippen molar-refractivity contribution in [3.8, 4) is 0 Å². The molecule has 0 saturated carbocycles. The predicted octanol–water partition coefficient (Wildman–Crippen LogP) is 6.46. The highest BCUT2D eigenvalue weighted by Gasteiger charge is 2.25. The zero-order valence-electron chi connectivity index (χ0n) is 17.7. The lowest BCUT2D eigenvalue weighted by Crippen LogP contribution is -2.33. The van der Waals surface area contributed by atoms with E-state index in [2.05, 4.69) is 65.6 Å². The van der Waals surface area contributed by atoms with Gasteiger partial charge in [0.25, 0.3) is 0 Å². The lowest BCUT2D eigenvalue weighted by molar-refractivity contribution is 0.00982. The molecule has 1 heterocycles. The lowest BCUT2D eigenvalue weighted by Gasteiger charge is -2.34. The van der Waals surface area contributed by atoms with Gasteiger partial charge in [0.15, 0.2) is 0 Å². The molecule has 5 rings (SSSR count). The third-order valence-corrected chi connectivity index (χ3v) is 6.72. The van der Waals surface area contributed by atoms with Crippen molar-refractivity contribution in [2.45, 2.75) is 22.0 Å². The highest BCUT2D eigenvalue weighted by atomic mass is 32.2. The van der Waals surface area contributed by atoms with Gasteiger partial charge in [-0.1, -0.05) is 96.7 Å². The highest BCUT2D eigenvalue weighted by Crippen LogP contribution is 2.47. The smallest absolute Gasteiger partial charge is 0.108 e. The van der Waals surface area contributed by atoms with Crippen molar-refractivity contribution in [1.82, 2.24) is 0 Å². The van der Waals surface area contributed by atoms with Gasteiger partial charge in [0, 0.05) is 9.79 Å². The minimum Gasteiger partial charge on any atom is -0.389 e. The fourth-order valence-corrected chi connectivity index (χ4v) is 5.18. The lowest BCUT2D eigenvalue weighted by atomic mass is 10.0. The number of hydrogen-bond donors (Lipinski definition) is 1. The topological polar surface area (TPSA) is 32.7 Å². The molecule has 1 aliphatic heterocycles. The Bertz CT molecular complexity index is 1080. The van der Waals surface area contributed by atoms with Crippen LogP contribution in [-0.2, 0) is 4.74 Å². The SMILES string of the molecule is OC(COC(c1ccccc1)c1ccccc1)CN1c2ccccc2Sc2ccccc21. The van der Waals surface area contributed by atoms with Crippen LogP contribution in [0.25, 0.3) is 0 Å². The second-order valence-electron chi connectivity index (χ2n) is 7.84. The molecule has 1 aliphatic rings. The summed E-state index contributed by atoms with van der Waals surface area (Å²) in [6.07, 6.45) is -0.863. The quantitative estimate of drug-likeness (QED) is 0.358. The number of ether oxygens (including phenoxy) is 1. The number of benzene rings is 4. The standard InChI is InChI=1S/C28H25NO2S/c30-23(20-31-28(21-11-3-1-4-12-21)22-13-5-2-6-14-22)19-29-24-15-7-9-17-26(24)32-27-18-10-8-16-25(27)29/h1-18,23,28,30H,19-20H2. The zero-order valence-corrected chi connectivity index (χ0v) is 18.5. The van der Waals surface area contributed by atoms with Crippen molar-refractivity contribution >= 4 is 23.1 Å². The molecular weight excluding hydrogens is 414 g/mol. The van der Waals surface area contributed by atoms with E-state index in [0.717, 1.165) is 22.5 Å². The third-order valence-electron chi connectivity index (χ3n) is 5.59. The van der Waals surface area contributed by atoms with Crippen LogP contribution in [0.2, 0.25) is 0 Å². The van der Waals surface area contributed by atoms with E-state index < -0.39 is 6.10 Å². The summed E-state index contributed by atoms with van der Waals surface area (Å²) in [5.41, 5.74) is 4.41. The van der Waals surface area contributed by atoms with Crippen LogP contribution in [0, 0.1) is 0 Å². The van der Waals surface area contributed by atoms with Gasteiger partial charge in [-0.3, -0.25) is 0 Å². The average molecular weight is 440 g/mol. The molecule has 1 N–H and O–H groups in total. The molecule has 4 aromatic carbocycles. The van der Waals surface area contributed by atoms with Crippen LogP contribution in [0.4, 0.5) is 11.4 Å². The van der Waals surface area contributed by atoms with Crippen LogP contribution in [0.3, 0.4) is 0 Å². The van der Waals surface area contributed by atoms with Crippen LogP contribution < -0.4 is 4.90 Å². The first-order valence-corrected chi connectivity index (χ1v) is 11.6. The van der Waals surface area contributed by atoms with Crippen LogP contribution in [0.15, 0.2) is 119 Å². The molecule has 0 saturated heterocycles. The summed E-state index contributed by atoms with van der Waals surface area (Å²) >= 11 is 1.77. The summed E-state index contributed by atoms with van der Waals surface area (Å²) in [6.45, 7) is 0.702. The van der Waals surface area contributed by atoms with Crippen molar-refractivity contribution in [3.63, 3.8) is 0 Å². The number of rotatable bonds is 7. The molecule has 0 radical (unpaired) electrons. The Hall–Kier alpha value is -3.05. The normalized spacial score (nSPS) is 13.5. The van der Waals surface area contributed by atoms with Gasteiger partial charge >= 0.3 is 0 Å². The fourth-order valence-electron chi connectivity index (χ4n) is 4.09. The Morgan fingerprint density at radius 1 is 0.656 bits per heavy atom. The largest absolute Gasteiger partial charge is 0.389 e. The van der Waals surface area contributed by atoms with E-state index in [1.54, 1.807) is 11.8 Å². The molecule has 32 heavy (non-hydrogen) atoms. The van der Waals surface area contributed by atoms with Crippen molar-refractivity contribution in [3.05, 3.63) is 120 Å². The monoisotopic (exact) mass is 439 g/mol. The van der Waals surface area contributed by atoms with Crippen molar-refractivity contribution < 1.29 is 9.84 Å². The predicted molar refractivity (Wildman–Crippen MR) is 131 cm³/mol. The minimum atomic E-state index is -0.644.